The predicted molar refractivity (Wildman–Crippen MR) is 66.8 cm³/mol. The molecule has 16 heavy (non-hydrogen) atoms. The van der Waals surface area contributed by atoms with Gasteiger partial charge in [-0.3, -0.25) is 0 Å². The standard InChI is InChI=1S/C14H12N2/c1-2-6-14(15-8-3-1)12-7-10-16-9-4-5-13(16)11-12/h1-11,15H. The molecule has 0 aliphatic carbocycles. The second-order valence-corrected chi connectivity index (χ2v) is 3.72. The van der Waals surface area contributed by atoms with Crippen LogP contribution in [0.1, 0.15) is 5.56 Å². The van der Waals surface area contributed by atoms with Crippen LogP contribution < -0.4 is 5.32 Å². The van der Waals surface area contributed by atoms with Gasteiger partial charge < -0.3 is 9.72 Å². The summed E-state index contributed by atoms with van der Waals surface area (Å²) in [5, 5.41) is 3.26. The van der Waals surface area contributed by atoms with Crippen LogP contribution in [-0.4, -0.2) is 4.40 Å². The third-order valence-corrected chi connectivity index (χ3v) is 2.66. The largest absolute Gasteiger partial charge is 0.361 e. The Morgan fingerprint density at radius 2 is 2.00 bits per heavy atom. The molecule has 0 aromatic carbocycles. The zero-order valence-electron chi connectivity index (χ0n) is 8.80. The van der Waals surface area contributed by atoms with E-state index in [9.17, 15) is 0 Å². The molecule has 2 heteroatoms. The molecule has 0 radical (unpaired) electrons. The molecule has 3 heterocycles. The molecule has 2 nitrogen and oxygen atoms in total. The van der Waals surface area contributed by atoms with Crippen molar-refractivity contribution in [1.29, 1.82) is 0 Å². The Kier molecular flexibility index (Phi) is 2.11. The summed E-state index contributed by atoms with van der Waals surface area (Å²) >= 11 is 0. The highest BCUT2D eigenvalue weighted by Crippen LogP contribution is 2.16. The lowest BCUT2D eigenvalue weighted by atomic mass is 10.1. The van der Waals surface area contributed by atoms with Crippen LogP contribution in [0.2, 0.25) is 0 Å². The maximum Gasteiger partial charge on any atom is 0.0456 e. The van der Waals surface area contributed by atoms with Gasteiger partial charge in [-0.25, -0.2) is 0 Å². The molecule has 2 aromatic heterocycles. The Hall–Kier alpha value is -2.22. The predicted octanol–water partition coefficient (Wildman–Crippen LogP) is 2.95. The Bertz CT molecular complexity index is 600. The molecule has 1 aliphatic rings. The van der Waals surface area contributed by atoms with Crippen molar-refractivity contribution in [2.45, 2.75) is 0 Å². The molecule has 0 spiro atoms. The van der Waals surface area contributed by atoms with Gasteiger partial charge in [-0.05, 0) is 36.4 Å². The smallest absolute Gasteiger partial charge is 0.0456 e. The normalized spacial score (nSPS) is 14.6. The monoisotopic (exact) mass is 208 g/mol. The molecule has 78 valence electrons. The van der Waals surface area contributed by atoms with E-state index in [1.165, 1.54) is 11.1 Å². The van der Waals surface area contributed by atoms with E-state index in [0.717, 1.165) is 5.70 Å². The van der Waals surface area contributed by atoms with Gasteiger partial charge in [0, 0.05) is 35.4 Å². The molecular formula is C14H12N2. The number of nitrogens with zero attached hydrogens (tertiary/aromatic N) is 1. The Morgan fingerprint density at radius 1 is 1.00 bits per heavy atom. The van der Waals surface area contributed by atoms with Crippen LogP contribution in [0, 0.1) is 0 Å². The van der Waals surface area contributed by atoms with E-state index in [2.05, 4.69) is 40.2 Å². The highest BCUT2D eigenvalue weighted by atomic mass is 14.9. The molecule has 0 amide bonds. The van der Waals surface area contributed by atoms with Gasteiger partial charge >= 0.3 is 0 Å². The van der Waals surface area contributed by atoms with Crippen LogP contribution in [0.5, 0.6) is 0 Å². The van der Waals surface area contributed by atoms with Crippen molar-refractivity contribution in [2.24, 2.45) is 0 Å². The van der Waals surface area contributed by atoms with Crippen LogP contribution in [0.15, 0.2) is 67.2 Å². The summed E-state index contributed by atoms with van der Waals surface area (Å²) in [6, 6.07) is 8.44. The highest BCUT2D eigenvalue weighted by molar-refractivity contribution is 5.70. The fraction of sp³-hybridized carbons (Fsp3) is 0. The number of pyridine rings is 1. The third kappa shape index (κ3) is 1.54. The number of hydrogen-bond acceptors (Lipinski definition) is 1. The molecule has 1 N–H and O–H groups in total. The zero-order chi connectivity index (χ0) is 10.8. The first-order valence-corrected chi connectivity index (χ1v) is 5.31. The summed E-state index contributed by atoms with van der Waals surface area (Å²) in [4.78, 5) is 0. The maximum absolute atomic E-state index is 3.26. The Labute approximate surface area is 94.2 Å². The molecule has 1 aliphatic heterocycles. The lowest BCUT2D eigenvalue weighted by Gasteiger charge is -2.07. The van der Waals surface area contributed by atoms with Gasteiger partial charge in [-0.1, -0.05) is 12.2 Å². The SMILES string of the molecule is C1=CC=C(c2ccn3cccc3c2)NC=C1. The number of nitrogens with one attached hydrogen (secondary N) is 1. The van der Waals surface area contributed by atoms with Gasteiger partial charge in [-0.2, -0.15) is 0 Å². The quantitative estimate of drug-likeness (QED) is 0.762. The number of hydrogen-bond donors (Lipinski definition) is 1. The van der Waals surface area contributed by atoms with E-state index in [1.54, 1.807) is 0 Å². The van der Waals surface area contributed by atoms with E-state index in [4.69, 9.17) is 0 Å². The first-order chi connectivity index (χ1) is 7.93. The summed E-state index contributed by atoms with van der Waals surface area (Å²) in [6.45, 7) is 0. The minimum atomic E-state index is 1.12. The van der Waals surface area contributed by atoms with Crippen LogP contribution in [0.25, 0.3) is 11.2 Å². The van der Waals surface area contributed by atoms with Crippen molar-refractivity contribution >= 4 is 11.2 Å². The van der Waals surface area contributed by atoms with E-state index >= 15 is 0 Å². The second kappa shape index (κ2) is 3.74. The molecule has 0 bridgehead atoms. The molecule has 3 rings (SSSR count). The lowest BCUT2D eigenvalue weighted by Crippen LogP contribution is -2.03. The van der Waals surface area contributed by atoms with E-state index < -0.39 is 0 Å². The van der Waals surface area contributed by atoms with E-state index in [1.807, 2.05) is 36.7 Å². The van der Waals surface area contributed by atoms with Crippen molar-refractivity contribution in [3.63, 3.8) is 0 Å². The summed E-state index contributed by atoms with van der Waals surface area (Å²) in [7, 11) is 0. The van der Waals surface area contributed by atoms with Crippen molar-refractivity contribution in [2.75, 3.05) is 0 Å². The van der Waals surface area contributed by atoms with Crippen LogP contribution in [0.4, 0.5) is 0 Å². The molecule has 0 saturated heterocycles. The Balaban J connectivity index is 2.08. The number of allylic oxidation sites excluding steroid dienone is 4. The highest BCUT2D eigenvalue weighted by Gasteiger charge is 2.01. The van der Waals surface area contributed by atoms with Crippen LogP contribution >= 0.6 is 0 Å². The first-order valence-electron chi connectivity index (χ1n) is 5.31. The average molecular weight is 208 g/mol. The fourth-order valence-corrected chi connectivity index (χ4v) is 1.84. The zero-order valence-corrected chi connectivity index (χ0v) is 8.80. The number of fused-ring (bicyclic) bond motifs is 1. The Morgan fingerprint density at radius 3 is 3.00 bits per heavy atom. The molecule has 2 aromatic rings. The molecular weight excluding hydrogens is 196 g/mol. The number of rotatable bonds is 1. The summed E-state index contributed by atoms with van der Waals surface area (Å²) in [5.41, 5.74) is 3.52. The van der Waals surface area contributed by atoms with Gasteiger partial charge in [0.1, 0.15) is 0 Å². The summed E-state index contributed by atoms with van der Waals surface area (Å²) in [5.74, 6) is 0. The minimum absolute atomic E-state index is 1.12. The van der Waals surface area contributed by atoms with Gasteiger partial charge in [0.15, 0.2) is 0 Å². The van der Waals surface area contributed by atoms with Crippen molar-refractivity contribution < 1.29 is 0 Å². The van der Waals surface area contributed by atoms with Gasteiger partial charge in [0.25, 0.3) is 0 Å². The maximum atomic E-state index is 3.26. The van der Waals surface area contributed by atoms with Gasteiger partial charge in [-0.15, -0.1) is 0 Å². The van der Waals surface area contributed by atoms with Gasteiger partial charge in [0.05, 0.1) is 0 Å². The van der Waals surface area contributed by atoms with E-state index in [0.29, 0.717) is 0 Å². The second-order valence-electron chi connectivity index (χ2n) is 3.72. The lowest BCUT2D eigenvalue weighted by molar-refractivity contribution is 1.17. The van der Waals surface area contributed by atoms with Gasteiger partial charge in [0.2, 0.25) is 0 Å². The summed E-state index contributed by atoms with van der Waals surface area (Å²) in [6.07, 6.45) is 14.2. The molecule has 0 fully saturated rings. The summed E-state index contributed by atoms with van der Waals surface area (Å²) < 4.78 is 2.10. The van der Waals surface area contributed by atoms with Crippen molar-refractivity contribution in [3.05, 3.63) is 72.7 Å². The molecule has 0 saturated carbocycles. The topological polar surface area (TPSA) is 16.4 Å². The van der Waals surface area contributed by atoms with Crippen molar-refractivity contribution in [1.82, 2.24) is 9.72 Å². The van der Waals surface area contributed by atoms with Crippen LogP contribution in [0.3, 0.4) is 0 Å². The average Bonchev–Trinajstić information content (AvgIpc) is 2.61. The van der Waals surface area contributed by atoms with Crippen LogP contribution in [-0.2, 0) is 0 Å². The molecule has 0 atom stereocenters. The third-order valence-electron chi connectivity index (χ3n) is 2.66. The van der Waals surface area contributed by atoms with Crippen molar-refractivity contribution in [3.8, 4) is 0 Å². The minimum Gasteiger partial charge on any atom is -0.361 e. The van der Waals surface area contributed by atoms with E-state index in [-0.39, 0.29) is 0 Å². The molecule has 0 unspecified atom stereocenters. The fourth-order valence-electron chi connectivity index (χ4n) is 1.84. The first kappa shape index (κ1) is 9.04. The number of aromatic nitrogens is 1.